The van der Waals surface area contributed by atoms with Crippen molar-refractivity contribution in [3.8, 4) is 0 Å². The Morgan fingerprint density at radius 1 is 1.07 bits per heavy atom. The van der Waals surface area contributed by atoms with Crippen molar-refractivity contribution in [2.75, 3.05) is 18.4 Å². The molecular weight excluding hydrogens is 380 g/mol. The molecule has 0 saturated carbocycles. The largest absolute Gasteiger partial charge is 0.325 e. The van der Waals surface area contributed by atoms with Gasteiger partial charge < -0.3 is 5.32 Å². The van der Waals surface area contributed by atoms with E-state index in [0.29, 0.717) is 23.6 Å². The summed E-state index contributed by atoms with van der Waals surface area (Å²) in [5.74, 6) is -0.482. The van der Waals surface area contributed by atoms with E-state index in [2.05, 4.69) is 5.32 Å². The zero-order valence-electron chi connectivity index (χ0n) is 14.7. The van der Waals surface area contributed by atoms with Gasteiger partial charge in [-0.3, -0.25) is 4.79 Å². The van der Waals surface area contributed by atoms with Crippen molar-refractivity contribution < 1.29 is 13.2 Å². The van der Waals surface area contributed by atoms with Crippen molar-refractivity contribution in [2.24, 2.45) is 5.92 Å². The maximum atomic E-state index is 12.8. The molecular formula is C20H20N2O3S2. The third kappa shape index (κ3) is 3.63. The van der Waals surface area contributed by atoms with E-state index in [9.17, 15) is 13.2 Å². The summed E-state index contributed by atoms with van der Waals surface area (Å²) in [5, 5.41) is 6.79. The predicted molar refractivity (Wildman–Crippen MR) is 108 cm³/mol. The smallest absolute Gasteiger partial charge is 0.252 e. The van der Waals surface area contributed by atoms with E-state index in [1.807, 2.05) is 42.5 Å². The maximum Gasteiger partial charge on any atom is 0.252 e. The molecule has 1 aromatic heterocycles. The van der Waals surface area contributed by atoms with Gasteiger partial charge >= 0.3 is 0 Å². The molecule has 7 heteroatoms. The lowest BCUT2D eigenvalue weighted by molar-refractivity contribution is -0.120. The lowest BCUT2D eigenvalue weighted by atomic mass is 9.98. The number of carbonyl (C=O) groups excluding carboxylic acids is 1. The van der Waals surface area contributed by atoms with E-state index in [1.165, 1.54) is 15.6 Å². The van der Waals surface area contributed by atoms with E-state index >= 15 is 0 Å². The number of carbonyl (C=O) groups is 1. The Kier molecular flexibility index (Phi) is 4.99. The van der Waals surface area contributed by atoms with E-state index in [4.69, 9.17) is 0 Å². The average molecular weight is 401 g/mol. The molecule has 0 aliphatic carbocycles. The highest BCUT2D eigenvalue weighted by molar-refractivity contribution is 7.91. The first-order valence-corrected chi connectivity index (χ1v) is 11.2. The summed E-state index contributed by atoms with van der Waals surface area (Å²) >= 11 is 1.21. The molecule has 27 heavy (non-hydrogen) atoms. The lowest BCUT2D eigenvalue weighted by Crippen LogP contribution is -2.43. The van der Waals surface area contributed by atoms with E-state index in [1.54, 1.807) is 17.5 Å². The molecule has 1 fully saturated rings. The quantitative estimate of drug-likeness (QED) is 0.721. The van der Waals surface area contributed by atoms with Gasteiger partial charge in [0.05, 0.1) is 5.92 Å². The topological polar surface area (TPSA) is 66.5 Å². The number of sulfonamides is 1. The summed E-state index contributed by atoms with van der Waals surface area (Å²) in [7, 11) is -3.52. The molecule has 1 atom stereocenters. The minimum atomic E-state index is -3.52. The first kappa shape index (κ1) is 18.2. The van der Waals surface area contributed by atoms with Crippen molar-refractivity contribution >= 4 is 43.7 Å². The molecule has 3 aromatic rings. The summed E-state index contributed by atoms with van der Waals surface area (Å²) in [5.41, 5.74) is 0.760. The summed E-state index contributed by atoms with van der Waals surface area (Å²) < 4.78 is 27.3. The zero-order valence-corrected chi connectivity index (χ0v) is 16.3. The maximum absolute atomic E-state index is 12.8. The number of benzene rings is 2. The molecule has 2 heterocycles. The van der Waals surface area contributed by atoms with Crippen LogP contribution < -0.4 is 5.32 Å². The van der Waals surface area contributed by atoms with Crippen molar-refractivity contribution in [3.63, 3.8) is 0 Å². The van der Waals surface area contributed by atoms with Crippen molar-refractivity contribution in [1.29, 1.82) is 0 Å². The number of piperidine rings is 1. The molecule has 0 radical (unpaired) electrons. The summed E-state index contributed by atoms with van der Waals surface area (Å²) in [6, 6.07) is 17.0. The van der Waals surface area contributed by atoms with Crippen LogP contribution in [0.5, 0.6) is 0 Å². The Hall–Kier alpha value is -2.22. The average Bonchev–Trinajstić information content (AvgIpc) is 3.24. The Morgan fingerprint density at radius 3 is 2.70 bits per heavy atom. The van der Waals surface area contributed by atoms with Crippen LogP contribution in [0.1, 0.15) is 12.8 Å². The molecule has 2 aromatic carbocycles. The minimum absolute atomic E-state index is 0.127. The second kappa shape index (κ2) is 7.42. The number of nitrogens with one attached hydrogen (secondary N) is 1. The van der Waals surface area contributed by atoms with E-state index in [-0.39, 0.29) is 18.4 Å². The van der Waals surface area contributed by atoms with E-state index < -0.39 is 10.0 Å². The first-order chi connectivity index (χ1) is 13.1. The van der Waals surface area contributed by atoms with Gasteiger partial charge in [0.15, 0.2) is 0 Å². The third-order valence-electron chi connectivity index (χ3n) is 4.89. The summed E-state index contributed by atoms with van der Waals surface area (Å²) in [6.45, 7) is 0.676. The Morgan fingerprint density at radius 2 is 1.89 bits per heavy atom. The van der Waals surface area contributed by atoms with E-state index in [0.717, 1.165) is 16.5 Å². The number of nitrogens with zero attached hydrogens (tertiary/aromatic N) is 1. The highest BCUT2D eigenvalue weighted by Crippen LogP contribution is 2.28. The molecule has 4 rings (SSSR count). The lowest BCUT2D eigenvalue weighted by Gasteiger charge is -2.30. The standard InChI is InChI=1S/C20H20N2O3S2/c23-20(21-18-10-3-7-15-6-1-2-9-17(15)18)16-8-4-12-22(14-16)27(24,25)19-11-5-13-26-19/h1-3,5-7,9-11,13,16H,4,8,12,14H2,(H,21,23). The molecule has 5 nitrogen and oxygen atoms in total. The molecule has 0 spiro atoms. The first-order valence-electron chi connectivity index (χ1n) is 8.88. The second-order valence-electron chi connectivity index (χ2n) is 6.65. The fourth-order valence-electron chi connectivity index (χ4n) is 3.48. The number of hydrogen-bond donors (Lipinski definition) is 1. The highest BCUT2D eigenvalue weighted by atomic mass is 32.2. The Bertz CT molecular complexity index is 1060. The SMILES string of the molecule is O=C(Nc1cccc2ccccc12)C1CCCN(S(=O)(=O)c2cccs2)C1. The van der Waals surface area contributed by atoms with Gasteiger partial charge in [-0.1, -0.05) is 42.5 Å². The molecule has 1 aliphatic rings. The van der Waals surface area contributed by atoms with Crippen molar-refractivity contribution in [3.05, 3.63) is 60.0 Å². The van der Waals surface area contributed by atoms with Gasteiger partial charge in [-0.05, 0) is 35.7 Å². The van der Waals surface area contributed by atoms with Crippen molar-refractivity contribution in [1.82, 2.24) is 4.31 Å². The fraction of sp³-hybridized carbons (Fsp3) is 0.250. The van der Waals surface area contributed by atoms with Crippen LogP contribution in [0.25, 0.3) is 10.8 Å². The second-order valence-corrected chi connectivity index (χ2v) is 9.76. The number of thiophene rings is 1. The molecule has 0 bridgehead atoms. The Balaban J connectivity index is 1.52. The van der Waals surface area contributed by atoms with Crippen molar-refractivity contribution in [2.45, 2.75) is 17.1 Å². The number of amides is 1. The van der Waals surface area contributed by atoms with Crippen LogP contribution in [0.3, 0.4) is 0 Å². The Labute approximate surface area is 162 Å². The van der Waals surface area contributed by atoms with Crippen LogP contribution in [0.15, 0.2) is 64.2 Å². The number of hydrogen-bond acceptors (Lipinski definition) is 4. The number of anilines is 1. The van der Waals surface area contributed by atoms with Crippen LogP contribution in [-0.2, 0) is 14.8 Å². The molecule has 1 unspecified atom stereocenters. The van der Waals surface area contributed by atoms with Gasteiger partial charge in [0, 0.05) is 24.2 Å². The number of rotatable bonds is 4. The molecule has 1 saturated heterocycles. The van der Waals surface area contributed by atoms with Gasteiger partial charge in [-0.15, -0.1) is 11.3 Å². The van der Waals surface area contributed by atoms with Gasteiger partial charge in [0.25, 0.3) is 10.0 Å². The molecule has 1 amide bonds. The number of fused-ring (bicyclic) bond motifs is 1. The minimum Gasteiger partial charge on any atom is -0.325 e. The van der Waals surface area contributed by atoms with Gasteiger partial charge in [0.1, 0.15) is 4.21 Å². The zero-order chi connectivity index (χ0) is 18.9. The molecule has 1 aliphatic heterocycles. The van der Waals surface area contributed by atoms with Crippen LogP contribution in [0.4, 0.5) is 5.69 Å². The van der Waals surface area contributed by atoms with Crippen LogP contribution >= 0.6 is 11.3 Å². The van der Waals surface area contributed by atoms with Crippen LogP contribution in [-0.4, -0.2) is 31.7 Å². The van der Waals surface area contributed by atoms with Gasteiger partial charge in [0.2, 0.25) is 5.91 Å². The third-order valence-corrected chi connectivity index (χ3v) is 8.13. The van der Waals surface area contributed by atoms with Crippen LogP contribution in [0.2, 0.25) is 0 Å². The highest BCUT2D eigenvalue weighted by Gasteiger charge is 2.33. The summed E-state index contributed by atoms with van der Waals surface area (Å²) in [4.78, 5) is 12.8. The van der Waals surface area contributed by atoms with Gasteiger partial charge in [-0.2, -0.15) is 4.31 Å². The van der Waals surface area contributed by atoms with Gasteiger partial charge in [-0.25, -0.2) is 8.42 Å². The molecule has 1 N–H and O–H groups in total. The monoisotopic (exact) mass is 400 g/mol. The molecule has 140 valence electrons. The predicted octanol–water partition coefficient (Wildman–Crippen LogP) is 3.94. The normalized spacial score (nSPS) is 18.4. The fourth-order valence-corrected chi connectivity index (χ4v) is 6.15. The summed E-state index contributed by atoms with van der Waals surface area (Å²) in [6.07, 6.45) is 1.37. The van der Waals surface area contributed by atoms with Crippen LogP contribution in [0, 0.1) is 5.92 Å².